The minimum atomic E-state index is 0. The van der Waals surface area contributed by atoms with Gasteiger partial charge in [0.05, 0.1) is 5.92 Å². The van der Waals surface area contributed by atoms with Gasteiger partial charge in [-0.1, -0.05) is 0 Å². The number of piperidine rings is 2. The molecule has 2 unspecified atom stereocenters. The Morgan fingerprint density at radius 1 is 1.12 bits per heavy atom. The summed E-state index contributed by atoms with van der Waals surface area (Å²) in [5.74, 6) is 0.628. The summed E-state index contributed by atoms with van der Waals surface area (Å²) in [5, 5.41) is 3.34. The maximum Gasteiger partial charge on any atom is 0.227 e. The zero-order valence-corrected chi connectivity index (χ0v) is 11.8. The highest BCUT2D eigenvalue weighted by atomic mass is 35.5. The predicted octanol–water partition coefficient (Wildman–Crippen LogP) is 2.20. The van der Waals surface area contributed by atoms with Crippen molar-refractivity contribution in [2.45, 2.75) is 58.0 Å². The zero-order chi connectivity index (χ0) is 11.5. The first-order chi connectivity index (χ1) is 7.70. The van der Waals surface area contributed by atoms with Crippen LogP contribution in [0.1, 0.15) is 46.0 Å². The van der Waals surface area contributed by atoms with Crippen molar-refractivity contribution in [1.29, 1.82) is 0 Å². The van der Waals surface area contributed by atoms with Crippen LogP contribution in [0.4, 0.5) is 0 Å². The molecule has 0 aliphatic carbocycles. The Morgan fingerprint density at radius 2 is 1.76 bits per heavy atom. The second kappa shape index (κ2) is 6.60. The summed E-state index contributed by atoms with van der Waals surface area (Å²) < 4.78 is 0. The van der Waals surface area contributed by atoms with Crippen molar-refractivity contribution >= 4 is 18.3 Å². The van der Waals surface area contributed by atoms with Crippen LogP contribution >= 0.6 is 12.4 Å². The van der Waals surface area contributed by atoms with Gasteiger partial charge in [0, 0.05) is 18.6 Å². The van der Waals surface area contributed by atoms with Crippen LogP contribution in [0.25, 0.3) is 0 Å². The van der Waals surface area contributed by atoms with Gasteiger partial charge in [0.1, 0.15) is 0 Å². The molecular weight excluding hydrogens is 236 g/mol. The van der Waals surface area contributed by atoms with Gasteiger partial charge in [-0.3, -0.25) is 4.79 Å². The smallest absolute Gasteiger partial charge is 0.227 e. The largest absolute Gasteiger partial charge is 0.337 e. The number of amides is 1. The lowest BCUT2D eigenvalue weighted by molar-refractivity contribution is -0.142. The van der Waals surface area contributed by atoms with E-state index in [0.717, 1.165) is 25.9 Å². The topological polar surface area (TPSA) is 32.3 Å². The Labute approximate surface area is 111 Å². The molecule has 2 rings (SSSR count). The Kier molecular flexibility index (Phi) is 5.74. The van der Waals surface area contributed by atoms with Crippen LogP contribution < -0.4 is 5.32 Å². The lowest BCUT2D eigenvalue weighted by Gasteiger charge is -2.41. The van der Waals surface area contributed by atoms with Crippen molar-refractivity contribution in [2.75, 3.05) is 13.1 Å². The second-order valence-corrected chi connectivity index (χ2v) is 5.42. The van der Waals surface area contributed by atoms with Crippen LogP contribution in [0.3, 0.4) is 0 Å². The van der Waals surface area contributed by atoms with Gasteiger partial charge in [0.15, 0.2) is 0 Å². The molecule has 2 saturated heterocycles. The molecule has 0 aromatic heterocycles. The summed E-state index contributed by atoms with van der Waals surface area (Å²) >= 11 is 0. The van der Waals surface area contributed by atoms with E-state index in [1.165, 1.54) is 19.3 Å². The number of hydrogen-bond acceptors (Lipinski definition) is 2. The van der Waals surface area contributed by atoms with Crippen molar-refractivity contribution in [3.05, 3.63) is 0 Å². The average molecular weight is 261 g/mol. The van der Waals surface area contributed by atoms with E-state index in [2.05, 4.69) is 24.1 Å². The van der Waals surface area contributed by atoms with E-state index in [4.69, 9.17) is 0 Å². The third-order valence-corrected chi connectivity index (χ3v) is 4.09. The van der Waals surface area contributed by atoms with Crippen LogP contribution in [0.2, 0.25) is 0 Å². The molecule has 100 valence electrons. The van der Waals surface area contributed by atoms with E-state index in [0.29, 0.717) is 18.0 Å². The SMILES string of the molecule is CC1CCCC(C)N1C(=O)[C@@H]1CCCNC1.Cl. The number of nitrogens with zero attached hydrogens (tertiary/aromatic N) is 1. The van der Waals surface area contributed by atoms with Gasteiger partial charge in [-0.25, -0.2) is 0 Å². The Morgan fingerprint density at radius 3 is 2.29 bits per heavy atom. The van der Waals surface area contributed by atoms with Crippen molar-refractivity contribution in [2.24, 2.45) is 5.92 Å². The van der Waals surface area contributed by atoms with Gasteiger partial charge in [-0.15, -0.1) is 12.4 Å². The molecule has 17 heavy (non-hydrogen) atoms. The fourth-order valence-electron chi connectivity index (χ4n) is 3.13. The molecule has 0 bridgehead atoms. The summed E-state index contributed by atoms with van der Waals surface area (Å²) in [6.45, 7) is 6.36. The maximum absolute atomic E-state index is 12.5. The van der Waals surface area contributed by atoms with E-state index in [1.54, 1.807) is 0 Å². The summed E-state index contributed by atoms with van der Waals surface area (Å²) in [6.07, 6.45) is 5.84. The fraction of sp³-hybridized carbons (Fsp3) is 0.923. The van der Waals surface area contributed by atoms with Gasteiger partial charge >= 0.3 is 0 Å². The Bertz CT molecular complexity index is 244. The quantitative estimate of drug-likeness (QED) is 0.784. The summed E-state index contributed by atoms with van der Waals surface area (Å²) in [4.78, 5) is 14.6. The van der Waals surface area contributed by atoms with E-state index in [1.807, 2.05) is 0 Å². The standard InChI is InChI=1S/C13H24N2O.ClH/c1-10-5-3-6-11(2)15(10)13(16)12-7-4-8-14-9-12;/h10-12,14H,3-9H2,1-2H3;1H/t10?,11?,12-;/m1./s1. The van der Waals surface area contributed by atoms with Crippen LogP contribution in [-0.4, -0.2) is 36.0 Å². The molecule has 0 saturated carbocycles. The van der Waals surface area contributed by atoms with Crippen molar-refractivity contribution < 1.29 is 4.79 Å². The minimum absolute atomic E-state index is 0. The number of likely N-dealkylation sites (tertiary alicyclic amines) is 1. The van der Waals surface area contributed by atoms with Gasteiger partial charge in [-0.2, -0.15) is 0 Å². The number of nitrogens with one attached hydrogen (secondary N) is 1. The number of carbonyl (C=O) groups excluding carboxylic acids is 1. The molecule has 0 aromatic carbocycles. The average Bonchev–Trinajstić information content (AvgIpc) is 2.30. The van der Waals surface area contributed by atoms with E-state index < -0.39 is 0 Å². The number of carbonyl (C=O) groups is 1. The molecule has 3 atom stereocenters. The lowest BCUT2D eigenvalue weighted by Crippen LogP contribution is -2.52. The molecule has 2 aliphatic heterocycles. The minimum Gasteiger partial charge on any atom is -0.337 e. The van der Waals surface area contributed by atoms with Crippen LogP contribution in [-0.2, 0) is 4.79 Å². The highest BCUT2D eigenvalue weighted by molar-refractivity contribution is 5.85. The molecule has 2 fully saturated rings. The predicted molar refractivity (Wildman–Crippen MR) is 72.5 cm³/mol. The normalized spacial score (nSPS) is 34.0. The molecule has 0 aromatic rings. The molecule has 0 radical (unpaired) electrons. The monoisotopic (exact) mass is 260 g/mol. The van der Waals surface area contributed by atoms with E-state index in [9.17, 15) is 4.79 Å². The number of halogens is 1. The summed E-state index contributed by atoms with van der Waals surface area (Å²) in [5.41, 5.74) is 0. The second-order valence-electron chi connectivity index (χ2n) is 5.42. The van der Waals surface area contributed by atoms with Crippen LogP contribution in [0.5, 0.6) is 0 Å². The van der Waals surface area contributed by atoms with E-state index in [-0.39, 0.29) is 18.3 Å². The maximum atomic E-state index is 12.5. The zero-order valence-electron chi connectivity index (χ0n) is 10.9. The first kappa shape index (κ1) is 14.8. The Balaban J connectivity index is 0.00000144. The van der Waals surface area contributed by atoms with Crippen LogP contribution in [0.15, 0.2) is 0 Å². The first-order valence-corrected chi connectivity index (χ1v) is 6.73. The lowest BCUT2D eigenvalue weighted by atomic mass is 9.92. The molecule has 1 N–H and O–H groups in total. The van der Waals surface area contributed by atoms with Crippen LogP contribution in [0, 0.1) is 5.92 Å². The Hall–Kier alpha value is -0.280. The molecule has 3 nitrogen and oxygen atoms in total. The van der Waals surface area contributed by atoms with Gasteiger partial charge < -0.3 is 10.2 Å². The highest BCUT2D eigenvalue weighted by Gasteiger charge is 2.33. The third kappa shape index (κ3) is 3.35. The highest BCUT2D eigenvalue weighted by Crippen LogP contribution is 2.26. The van der Waals surface area contributed by atoms with Gasteiger partial charge in [0.25, 0.3) is 0 Å². The molecule has 2 heterocycles. The molecule has 2 aliphatic rings. The van der Waals surface area contributed by atoms with Gasteiger partial charge in [0.2, 0.25) is 5.91 Å². The molecule has 4 heteroatoms. The molecule has 0 spiro atoms. The van der Waals surface area contributed by atoms with Crippen molar-refractivity contribution in [3.63, 3.8) is 0 Å². The van der Waals surface area contributed by atoms with Gasteiger partial charge in [-0.05, 0) is 52.5 Å². The summed E-state index contributed by atoms with van der Waals surface area (Å²) in [7, 11) is 0. The molecular formula is C13H25ClN2O. The number of hydrogen-bond donors (Lipinski definition) is 1. The molecule has 1 amide bonds. The number of rotatable bonds is 1. The van der Waals surface area contributed by atoms with E-state index >= 15 is 0 Å². The first-order valence-electron chi connectivity index (χ1n) is 6.73. The fourth-order valence-corrected chi connectivity index (χ4v) is 3.13. The van der Waals surface area contributed by atoms with Crippen molar-refractivity contribution in [3.8, 4) is 0 Å². The summed E-state index contributed by atoms with van der Waals surface area (Å²) in [6, 6.07) is 0.886. The third-order valence-electron chi connectivity index (χ3n) is 4.09. The van der Waals surface area contributed by atoms with Crippen molar-refractivity contribution in [1.82, 2.24) is 10.2 Å².